The number of amides is 2. The molecule has 3 rings (SSSR count). The van der Waals surface area contributed by atoms with Crippen molar-refractivity contribution in [3.63, 3.8) is 0 Å². The van der Waals surface area contributed by atoms with E-state index in [0.29, 0.717) is 18.5 Å². The maximum atomic E-state index is 12.3. The lowest BCUT2D eigenvalue weighted by Gasteiger charge is -2.06. The Bertz CT molecular complexity index is 920. The highest BCUT2D eigenvalue weighted by Crippen LogP contribution is 2.11. The predicted octanol–water partition coefficient (Wildman–Crippen LogP) is 5.01. The molecule has 156 valence electrons. The molecule has 0 aliphatic rings. The van der Waals surface area contributed by atoms with E-state index >= 15 is 0 Å². The fourth-order valence-corrected chi connectivity index (χ4v) is 3.26. The molecule has 2 amide bonds. The Kier molecular flexibility index (Phi) is 8.27. The summed E-state index contributed by atoms with van der Waals surface area (Å²) in [6, 6.07) is 21.2. The Morgan fingerprint density at radius 1 is 0.800 bits per heavy atom. The molecule has 0 unspecified atom stereocenters. The molecule has 5 nitrogen and oxygen atoms in total. The molecule has 0 radical (unpaired) electrons. The van der Waals surface area contributed by atoms with E-state index in [9.17, 15) is 9.59 Å². The summed E-state index contributed by atoms with van der Waals surface area (Å²) in [5, 5.41) is 5.86. The van der Waals surface area contributed by atoms with Crippen molar-refractivity contribution >= 4 is 17.5 Å². The summed E-state index contributed by atoms with van der Waals surface area (Å²) in [5.74, 6) is 0.0137. The molecular weight excluding hydrogens is 374 g/mol. The van der Waals surface area contributed by atoms with Gasteiger partial charge in [0, 0.05) is 37.6 Å². The lowest BCUT2D eigenvalue weighted by molar-refractivity contribution is -0.121. The van der Waals surface area contributed by atoms with Gasteiger partial charge in [0.15, 0.2) is 0 Å². The van der Waals surface area contributed by atoms with Crippen molar-refractivity contribution < 1.29 is 9.59 Å². The van der Waals surface area contributed by atoms with Crippen molar-refractivity contribution in [3.05, 3.63) is 90.3 Å². The van der Waals surface area contributed by atoms with Gasteiger partial charge in [-0.2, -0.15) is 0 Å². The smallest absolute Gasteiger partial charge is 0.257 e. The third kappa shape index (κ3) is 7.24. The zero-order chi connectivity index (χ0) is 21.0. The van der Waals surface area contributed by atoms with Crippen molar-refractivity contribution in [1.29, 1.82) is 0 Å². The lowest BCUT2D eigenvalue weighted by Crippen LogP contribution is -2.22. The molecule has 0 bridgehead atoms. The van der Waals surface area contributed by atoms with Crippen molar-refractivity contribution in [2.45, 2.75) is 45.2 Å². The first-order valence-corrected chi connectivity index (χ1v) is 10.5. The second kappa shape index (κ2) is 11.6. The van der Waals surface area contributed by atoms with Crippen LogP contribution in [0.4, 0.5) is 5.69 Å². The Morgan fingerprint density at radius 3 is 2.27 bits per heavy atom. The molecule has 0 saturated carbocycles. The highest BCUT2D eigenvalue weighted by atomic mass is 16.2. The Hall–Kier alpha value is -3.34. The zero-order valence-corrected chi connectivity index (χ0v) is 17.2. The number of para-hydroxylation sites is 1. The molecule has 0 aliphatic carbocycles. The largest absolute Gasteiger partial charge is 0.353 e. The number of aryl methyl sites for hydroxylation is 1. The predicted molar refractivity (Wildman–Crippen MR) is 120 cm³/mol. The highest BCUT2D eigenvalue weighted by molar-refractivity contribution is 6.04. The zero-order valence-electron chi connectivity index (χ0n) is 17.2. The maximum Gasteiger partial charge on any atom is 0.257 e. The molecule has 3 aromatic rings. The van der Waals surface area contributed by atoms with E-state index < -0.39 is 0 Å². The van der Waals surface area contributed by atoms with Gasteiger partial charge in [-0.1, -0.05) is 61.4 Å². The monoisotopic (exact) mass is 403 g/mol. The number of aromatic nitrogens is 1. The normalized spacial score (nSPS) is 10.5. The SMILES string of the molecule is O=C(CCCCCCn1ccc(C(=O)Nc2ccccc2)c1)NCc1ccccc1. The number of hydrogen-bond acceptors (Lipinski definition) is 2. The van der Waals surface area contributed by atoms with Crippen LogP contribution in [0.15, 0.2) is 79.1 Å². The molecule has 0 fully saturated rings. The van der Waals surface area contributed by atoms with Crippen LogP contribution in [0, 0.1) is 0 Å². The molecule has 0 saturated heterocycles. The Labute approximate surface area is 178 Å². The van der Waals surface area contributed by atoms with Crippen LogP contribution in [0.25, 0.3) is 0 Å². The van der Waals surface area contributed by atoms with E-state index in [1.807, 2.05) is 83.7 Å². The number of nitrogens with one attached hydrogen (secondary N) is 2. The van der Waals surface area contributed by atoms with Gasteiger partial charge in [0.2, 0.25) is 5.91 Å². The van der Waals surface area contributed by atoms with Crippen LogP contribution in [-0.2, 0) is 17.9 Å². The summed E-state index contributed by atoms with van der Waals surface area (Å²) in [7, 11) is 0. The molecule has 1 heterocycles. The van der Waals surface area contributed by atoms with Gasteiger partial charge in [-0.25, -0.2) is 0 Å². The van der Waals surface area contributed by atoms with Gasteiger partial charge >= 0.3 is 0 Å². The summed E-state index contributed by atoms with van der Waals surface area (Å²) in [6.45, 7) is 1.46. The van der Waals surface area contributed by atoms with Crippen LogP contribution in [-0.4, -0.2) is 16.4 Å². The van der Waals surface area contributed by atoms with Crippen LogP contribution in [0.3, 0.4) is 0 Å². The molecule has 0 spiro atoms. The van der Waals surface area contributed by atoms with Gasteiger partial charge in [0.05, 0.1) is 5.56 Å². The minimum atomic E-state index is -0.0959. The summed E-state index contributed by atoms with van der Waals surface area (Å²) >= 11 is 0. The number of hydrogen-bond donors (Lipinski definition) is 2. The van der Waals surface area contributed by atoms with Gasteiger partial charge in [0.1, 0.15) is 0 Å². The number of carbonyl (C=O) groups is 2. The molecule has 1 aromatic heterocycles. The lowest BCUT2D eigenvalue weighted by atomic mass is 10.1. The van der Waals surface area contributed by atoms with E-state index in [4.69, 9.17) is 0 Å². The van der Waals surface area contributed by atoms with Crippen LogP contribution in [0.2, 0.25) is 0 Å². The topological polar surface area (TPSA) is 63.1 Å². The van der Waals surface area contributed by atoms with E-state index in [-0.39, 0.29) is 11.8 Å². The first-order valence-electron chi connectivity index (χ1n) is 10.5. The maximum absolute atomic E-state index is 12.3. The third-order valence-electron chi connectivity index (χ3n) is 4.95. The summed E-state index contributed by atoms with van der Waals surface area (Å²) in [5.41, 5.74) is 2.58. The molecule has 0 atom stereocenters. The van der Waals surface area contributed by atoms with Crippen LogP contribution in [0.5, 0.6) is 0 Å². The molecule has 5 heteroatoms. The number of nitrogens with zero attached hydrogens (tertiary/aromatic N) is 1. The number of anilines is 1. The summed E-state index contributed by atoms with van der Waals surface area (Å²) in [4.78, 5) is 24.2. The van der Waals surface area contributed by atoms with Crippen molar-refractivity contribution in [1.82, 2.24) is 9.88 Å². The van der Waals surface area contributed by atoms with Crippen molar-refractivity contribution in [2.75, 3.05) is 5.32 Å². The van der Waals surface area contributed by atoms with E-state index in [2.05, 4.69) is 10.6 Å². The van der Waals surface area contributed by atoms with Gasteiger partial charge in [-0.3, -0.25) is 9.59 Å². The number of benzene rings is 2. The Morgan fingerprint density at radius 2 is 1.50 bits per heavy atom. The summed E-state index contributed by atoms with van der Waals surface area (Å²) in [6.07, 6.45) is 8.42. The first-order chi connectivity index (χ1) is 14.7. The highest BCUT2D eigenvalue weighted by Gasteiger charge is 2.07. The van der Waals surface area contributed by atoms with Gasteiger partial charge < -0.3 is 15.2 Å². The number of unbranched alkanes of at least 4 members (excludes halogenated alkanes) is 3. The number of rotatable bonds is 11. The van der Waals surface area contributed by atoms with E-state index in [0.717, 1.165) is 43.5 Å². The fraction of sp³-hybridized carbons (Fsp3) is 0.280. The van der Waals surface area contributed by atoms with Crippen LogP contribution >= 0.6 is 0 Å². The van der Waals surface area contributed by atoms with Crippen LogP contribution < -0.4 is 10.6 Å². The minimum Gasteiger partial charge on any atom is -0.353 e. The standard InChI is InChI=1S/C25H29N3O2/c29-24(26-19-21-11-5-3-6-12-21)15-9-1-2-10-17-28-18-16-22(20-28)25(30)27-23-13-7-4-8-14-23/h3-8,11-14,16,18,20H,1-2,9-10,15,17,19H2,(H,26,29)(H,27,30). The van der Waals surface area contributed by atoms with Crippen molar-refractivity contribution in [3.8, 4) is 0 Å². The summed E-state index contributed by atoms with van der Waals surface area (Å²) < 4.78 is 2.05. The molecule has 30 heavy (non-hydrogen) atoms. The van der Waals surface area contributed by atoms with E-state index in [1.54, 1.807) is 0 Å². The van der Waals surface area contributed by atoms with E-state index in [1.165, 1.54) is 0 Å². The molecule has 2 aromatic carbocycles. The molecule has 2 N–H and O–H groups in total. The van der Waals surface area contributed by atoms with Crippen molar-refractivity contribution in [2.24, 2.45) is 0 Å². The fourth-order valence-electron chi connectivity index (χ4n) is 3.26. The second-order valence-corrected chi connectivity index (χ2v) is 7.38. The third-order valence-corrected chi connectivity index (χ3v) is 4.95. The average Bonchev–Trinajstić information content (AvgIpc) is 3.25. The number of carbonyl (C=O) groups excluding carboxylic acids is 2. The Balaban J connectivity index is 1.27. The van der Waals surface area contributed by atoms with Gasteiger partial charge in [-0.05, 0) is 36.6 Å². The van der Waals surface area contributed by atoms with Crippen LogP contribution in [0.1, 0.15) is 48.0 Å². The average molecular weight is 404 g/mol. The van der Waals surface area contributed by atoms with Gasteiger partial charge in [0.25, 0.3) is 5.91 Å². The molecule has 0 aliphatic heterocycles. The molecular formula is C25H29N3O2. The van der Waals surface area contributed by atoms with Gasteiger partial charge in [-0.15, -0.1) is 0 Å². The first kappa shape index (κ1) is 21.4. The quantitative estimate of drug-likeness (QED) is 0.442. The minimum absolute atomic E-state index is 0.0959. The second-order valence-electron chi connectivity index (χ2n) is 7.38.